The van der Waals surface area contributed by atoms with E-state index in [0.29, 0.717) is 18.0 Å². The first-order valence-corrected chi connectivity index (χ1v) is 8.64. The van der Waals surface area contributed by atoms with Gasteiger partial charge in [-0.15, -0.1) is 0 Å². The zero-order valence-corrected chi connectivity index (χ0v) is 14.6. The van der Waals surface area contributed by atoms with E-state index in [-0.39, 0.29) is 5.91 Å². The van der Waals surface area contributed by atoms with E-state index in [1.807, 2.05) is 61.7 Å². The summed E-state index contributed by atoms with van der Waals surface area (Å²) in [6, 6.07) is 15.5. The van der Waals surface area contributed by atoms with Crippen LogP contribution in [0.4, 0.5) is 5.69 Å². The lowest BCUT2D eigenvalue weighted by molar-refractivity contribution is -0.119. The van der Waals surface area contributed by atoms with Gasteiger partial charge < -0.3 is 9.88 Å². The molecule has 126 valence electrons. The number of benzene rings is 2. The van der Waals surface area contributed by atoms with E-state index in [1.54, 1.807) is 6.20 Å². The van der Waals surface area contributed by atoms with Crippen LogP contribution >= 0.6 is 11.6 Å². The van der Waals surface area contributed by atoms with Crippen LogP contribution in [0.1, 0.15) is 23.4 Å². The second kappa shape index (κ2) is 6.05. The van der Waals surface area contributed by atoms with Gasteiger partial charge in [0.25, 0.3) is 0 Å². The number of anilines is 1. The SMILES string of the molecule is Cc1nccn1CCC1(c2ccccc2)C(=O)Nc2ccc(Cl)cc21. The van der Waals surface area contributed by atoms with Crippen LogP contribution in [-0.2, 0) is 16.8 Å². The molecule has 0 aliphatic carbocycles. The van der Waals surface area contributed by atoms with E-state index in [9.17, 15) is 4.79 Å². The summed E-state index contributed by atoms with van der Waals surface area (Å²) in [5.74, 6) is 0.932. The maximum atomic E-state index is 13.1. The minimum Gasteiger partial charge on any atom is -0.335 e. The van der Waals surface area contributed by atoms with E-state index in [0.717, 1.165) is 22.6 Å². The molecular weight excluding hydrogens is 334 g/mol. The molecule has 25 heavy (non-hydrogen) atoms. The van der Waals surface area contributed by atoms with E-state index < -0.39 is 5.41 Å². The monoisotopic (exact) mass is 351 g/mol. The molecule has 3 aromatic rings. The van der Waals surface area contributed by atoms with Crippen LogP contribution in [0.2, 0.25) is 5.02 Å². The first-order valence-electron chi connectivity index (χ1n) is 8.26. The van der Waals surface area contributed by atoms with Gasteiger partial charge in [-0.1, -0.05) is 41.9 Å². The Hall–Kier alpha value is -2.59. The Morgan fingerprint density at radius 1 is 1.20 bits per heavy atom. The van der Waals surface area contributed by atoms with Crippen molar-refractivity contribution < 1.29 is 4.79 Å². The third-order valence-corrected chi connectivity index (χ3v) is 5.23. The Morgan fingerprint density at radius 2 is 2.00 bits per heavy atom. The summed E-state index contributed by atoms with van der Waals surface area (Å²) in [6.45, 7) is 2.66. The Bertz CT molecular complexity index is 935. The smallest absolute Gasteiger partial charge is 0.239 e. The topological polar surface area (TPSA) is 46.9 Å². The van der Waals surface area contributed by atoms with Crippen LogP contribution in [-0.4, -0.2) is 15.5 Å². The van der Waals surface area contributed by atoms with Gasteiger partial charge in [-0.2, -0.15) is 0 Å². The number of halogens is 1. The highest BCUT2D eigenvalue weighted by atomic mass is 35.5. The van der Waals surface area contributed by atoms with E-state index in [4.69, 9.17) is 11.6 Å². The lowest BCUT2D eigenvalue weighted by Gasteiger charge is -2.28. The standard InChI is InChI=1S/C20H18ClN3O/c1-14-22-10-12-24(14)11-9-20(15-5-3-2-4-6-15)17-13-16(21)7-8-18(17)23-19(20)25/h2-8,10,12-13H,9,11H2,1H3,(H,23,25). The van der Waals surface area contributed by atoms with Gasteiger partial charge in [0.05, 0.1) is 0 Å². The van der Waals surface area contributed by atoms with Gasteiger partial charge >= 0.3 is 0 Å². The second-order valence-electron chi connectivity index (χ2n) is 6.33. The summed E-state index contributed by atoms with van der Waals surface area (Å²) in [5, 5.41) is 3.67. The predicted octanol–water partition coefficient (Wildman–Crippen LogP) is 4.17. The molecule has 2 aromatic carbocycles. The summed E-state index contributed by atoms with van der Waals surface area (Å²) in [7, 11) is 0. The fourth-order valence-corrected chi connectivity index (χ4v) is 3.83. The maximum absolute atomic E-state index is 13.1. The van der Waals surface area contributed by atoms with Crippen molar-refractivity contribution in [1.82, 2.24) is 9.55 Å². The van der Waals surface area contributed by atoms with Gasteiger partial charge in [-0.3, -0.25) is 4.79 Å². The van der Waals surface area contributed by atoms with Crippen molar-refractivity contribution >= 4 is 23.2 Å². The molecule has 1 aromatic heterocycles. The minimum absolute atomic E-state index is 0.00580. The van der Waals surface area contributed by atoms with Gasteiger partial charge in [-0.25, -0.2) is 4.98 Å². The molecule has 0 radical (unpaired) electrons. The second-order valence-corrected chi connectivity index (χ2v) is 6.77. The molecule has 0 bridgehead atoms. The molecule has 2 heterocycles. The van der Waals surface area contributed by atoms with Crippen molar-refractivity contribution in [3.63, 3.8) is 0 Å². The molecule has 1 aliphatic rings. The molecule has 0 saturated carbocycles. The van der Waals surface area contributed by atoms with E-state index in [2.05, 4.69) is 14.9 Å². The number of nitrogens with one attached hydrogen (secondary N) is 1. The summed E-state index contributed by atoms with van der Waals surface area (Å²) in [4.78, 5) is 17.4. The van der Waals surface area contributed by atoms with Crippen molar-refractivity contribution in [2.75, 3.05) is 5.32 Å². The third-order valence-electron chi connectivity index (χ3n) is 5.00. The fraction of sp³-hybridized carbons (Fsp3) is 0.200. The van der Waals surface area contributed by atoms with Crippen LogP contribution in [0.15, 0.2) is 60.9 Å². The quantitative estimate of drug-likeness (QED) is 0.766. The number of aryl methyl sites for hydroxylation is 2. The molecule has 1 aliphatic heterocycles. The lowest BCUT2D eigenvalue weighted by atomic mass is 9.73. The Balaban J connectivity index is 1.85. The number of hydrogen-bond donors (Lipinski definition) is 1. The van der Waals surface area contributed by atoms with Crippen LogP contribution in [0.25, 0.3) is 0 Å². The van der Waals surface area contributed by atoms with Crippen molar-refractivity contribution in [2.45, 2.75) is 25.3 Å². The summed E-state index contributed by atoms with van der Waals surface area (Å²) < 4.78 is 2.07. The molecule has 0 saturated heterocycles. The average Bonchev–Trinajstić information content (AvgIpc) is 3.15. The van der Waals surface area contributed by atoms with Crippen LogP contribution < -0.4 is 5.32 Å². The highest BCUT2D eigenvalue weighted by Gasteiger charge is 2.47. The van der Waals surface area contributed by atoms with Crippen molar-refractivity contribution in [3.8, 4) is 0 Å². The van der Waals surface area contributed by atoms with Gasteiger partial charge in [0, 0.05) is 29.6 Å². The van der Waals surface area contributed by atoms with Crippen molar-refractivity contribution in [1.29, 1.82) is 0 Å². The number of amides is 1. The number of imidazole rings is 1. The molecule has 0 spiro atoms. The Kier molecular flexibility index (Phi) is 3.85. The van der Waals surface area contributed by atoms with E-state index >= 15 is 0 Å². The number of nitrogens with zero attached hydrogens (tertiary/aromatic N) is 2. The maximum Gasteiger partial charge on any atom is 0.239 e. The average molecular weight is 352 g/mol. The normalized spacial score (nSPS) is 18.9. The lowest BCUT2D eigenvalue weighted by Crippen LogP contribution is -2.37. The van der Waals surface area contributed by atoms with E-state index in [1.165, 1.54) is 0 Å². The largest absolute Gasteiger partial charge is 0.335 e. The molecule has 1 amide bonds. The number of carbonyl (C=O) groups excluding carboxylic acids is 1. The van der Waals surface area contributed by atoms with Crippen molar-refractivity contribution in [2.24, 2.45) is 0 Å². The Morgan fingerprint density at radius 3 is 2.72 bits per heavy atom. The first kappa shape index (κ1) is 15.9. The van der Waals surface area contributed by atoms with Gasteiger partial charge in [0.1, 0.15) is 11.2 Å². The van der Waals surface area contributed by atoms with Gasteiger partial charge in [0.15, 0.2) is 0 Å². The highest BCUT2D eigenvalue weighted by Crippen LogP contribution is 2.46. The van der Waals surface area contributed by atoms with Crippen LogP contribution in [0.5, 0.6) is 0 Å². The third kappa shape index (κ3) is 2.53. The molecule has 1 N–H and O–H groups in total. The zero-order valence-electron chi connectivity index (χ0n) is 13.9. The van der Waals surface area contributed by atoms with Gasteiger partial charge in [0.2, 0.25) is 5.91 Å². The van der Waals surface area contributed by atoms with Crippen LogP contribution in [0.3, 0.4) is 0 Å². The number of rotatable bonds is 4. The molecule has 1 unspecified atom stereocenters. The van der Waals surface area contributed by atoms with Crippen molar-refractivity contribution in [3.05, 3.63) is 82.9 Å². The highest BCUT2D eigenvalue weighted by molar-refractivity contribution is 6.31. The summed E-state index contributed by atoms with van der Waals surface area (Å²) >= 11 is 6.26. The molecule has 4 rings (SSSR count). The number of carbonyl (C=O) groups is 1. The molecule has 4 nitrogen and oxygen atoms in total. The number of aromatic nitrogens is 2. The molecule has 1 atom stereocenters. The summed E-state index contributed by atoms with van der Waals surface area (Å²) in [5.41, 5.74) is 2.00. The van der Waals surface area contributed by atoms with Crippen LogP contribution in [0, 0.1) is 6.92 Å². The number of hydrogen-bond acceptors (Lipinski definition) is 2. The predicted molar refractivity (Wildman–Crippen MR) is 98.9 cm³/mol. The first-order chi connectivity index (χ1) is 12.1. The zero-order chi connectivity index (χ0) is 17.4. The summed E-state index contributed by atoms with van der Waals surface area (Å²) in [6.07, 6.45) is 4.36. The Labute approximate surface area is 151 Å². The van der Waals surface area contributed by atoms with Gasteiger partial charge in [-0.05, 0) is 42.7 Å². The molecule has 5 heteroatoms. The minimum atomic E-state index is -0.752. The fourth-order valence-electron chi connectivity index (χ4n) is 3.66. The molecular formula is C20H18ClN3O. The number of fused-ring (bicyclic) bond motifs is 1. The molecule has 0 fully saturated rings.